The molecule has 0 bridgehead atoms. The van der Waals surface area contributed by atoms with Gasteiger partial charge in [0.2, 0.25) is 0 Å². The number of nitrogens with zero attached hydrogens (tertiary/aromatic N) is 3. The van der Waals surface area contributed by atoms with Crippen LogP contribution in [0.1, 0.15) is 5.69 Å². The van der Waals surface area contributed by atoms with Gasteiger partial charge >= 0.3 is 0 Å². The first-order valence-electron chi connectivity index (χ1n) is 7.44. The van der Waals surface area contributed by atoms with Crippen molar-refractivity contribution in [3.63, 3.8) is 0 Å². The van der Waals surface area contributed by atoms with Crippen LogP contribution in [0.4, 0.5) is 0 Å². The Labute approximate surface area is 146 Å². The van der Waals surface area contributed by atoms with E-state index in [0.29, 0.717) is 22.6 Å². The second-order valence-electron chi connectivity index (χ2n) is 5.46. The lowest BCUT2D eigenvalue weighted by molar-refractivity contribution is 0.877. The highest BCUT2D eigenvalue weighted by Gasteiger charge is 2.15. The molecule has 0 aliphatic rings. The minimum absolute atomic E-state index is 0.186. The summed E-state index contributed by atoms with van der Waals surface area (Å²) in [7, 11) is 0. The lowest BCUT2D eigenvalue weighted by Crippen LogP contribution is -2.10. The first-order chi connectivity index (χ1) is 11.6. The molecule has 2 heterocycles. The number of benzene rings is 2. The van der Waals surface area contributed by atoms with Crippen molar-refractivity contribution in [1.29, 1.82) is 0 Å². The van der Waals surface area contributed by atoms with Gasteiger partial charge in [-0.15, -0.1) is 0 Å². The third kappa shape index (κ3) is 2.45. The van der Waals surface area contributed by atoms with Gasteiger partial charge < -0.3 is 4.98 Å². The van der Waals surface area contributed by atoms with Gasteiger partial charge in [0.25, 0.3) is 5.56 Å². The summed E-state index contributed by atoms with van der Waals surface area (Å²) in [6, 6.07) is 17.3. The number of para-hydroxylation sites is 1. The molecule has 0 fully saturated rings. The molecule has 0 aliphatic heterocycles. The predicted octanol–water partition coefficient (Wildman–Crippen LogP) is 3.85. The van der Waals surface area contributed by atoms with Crippen LogP contribution in [0.3, 0.4) is 0 Å². The van der Waals surface area contributed by atoms with Gasteiger partial charge in [-0.3, -0.25) is 4.79 Å². The van der Waals surface area contributed by atoms with E-state index in [1.807, 2.05) is 61.5 Å². The Bertz CT molecular complexity index is 1100. The molecule has 24 heavy (non-hydrogen) atoms. The Kier molecular flexibility index (Phi) is 3.54. The molecule has 0 aliphatic carbocycles. The number of rotatable bonds is 2. The Morgan fingerprint density at radius 2 is 1.88 bits per heavy atom. The summed E-state index contributed by atoms with van der Waals surface area (Å²) in [5.74, 6) is 0.519. The molecule has 0 saturated heterocycles. The number of hydrogen-bond donors (Lipinski definition) is 1. The van der Waals surface area contributed by atoms with Crippen LogP contribution in [0.2, 0.25) is 0 Å². The van der Waals surface area contributed by atoms with E-state index >= 15 is 0 Å². The third-order valence-corrected chi connectivity index (χ3v) is 4.30. The van der Waals surface area contributed by atoms with E-state index < -0.39 is 0 Å². The summed E-state index contributed by atoms with van der Waals surface area (Å²) in [4.78, 5) is 20.1. The van der Waals surface area contributed by atoms with E-state index in [9.17, 15) is 4.79 Å². The van der Waals surface area contributed by atoms with Gasteiger partial charge in [0, 0.05) is 10.0 Å². The monoisotopic (exact) mass is 380 g/mol. The van der Waals surface area contributed by atoms with Crippen molar-refractivity contribution in [2.24, 2.45) is 0 Å². The zero-order valence-corrected chi connectivity index (χ0v) is 14.4. The number of fused-ring (bicyclic) bond motifs is 1. The van der Waals surface area contributed by atoms with Crippen molar-refractivity contribution in [3.05, 3.63) is 75.1 Å². The number of aromatic amines is 1. The highest BCUT2D eigenvalue weighted by Crippen LogP contribution is 2.22. The average molecular weight is 381 g/mol. The highest BCUT2D eigenvalue weighted by molar-refractivity contribution is 9.10. The Morgan fingerprint density at radius 1 is 1.08 bits per heavy atom. The van der Waals surface area contributed by atoms with Crippen molar-refractivity contribution in [2.75, 3.05) is 0 Å². The zero-order valence-electron chi connectivity index (χ0n) is 12.8. The quantitative estimate of drug-likeness (QED) is 0.574. The minimum Gasteiger partial charge on any atom is -0.306 e. The maximum absolute atomic E-state index is 12.6. The summed E-state index contributed by atoms with van der Waals surface area (Å²) >= 11 is 3.45. The predicted molar refractivity (Wildman–Crippen MR) is 97.4 cm³/mol. The number of halogens is 1. The molecule has 0 atom stereocenters. The normalized spacial score (nSPS) is 11.1. The standard InChI is InChI=1S/C18H13BrN4O/c1-11-15-17(23(22-11)14-8-3-2-4-9-14)20-16(21-18(15)24)12-6-5-7-13(19)10-12/h2-10H,1H3,(H,20,21,24). The fourth-order valence-corrected chi connectivity index (χ4v) is 3.11. The second-order valence-corrected chi connectivity index (χ2v) is 6.37. The van der Waals surface area contributed by atoms with Gasteiger partial charge in [0.05, 0.1) is 11.4 Å². The molecule has 5 nitrogen and oxygen atoms in total. The van der Waals surface area contributed by atoms with Gasteiger partial charge in [-0.1, -0.05) is 46.3 Å². The number of H-pyrrole nitrogens is 1. The zero-order chi connectivity index (χ0) is 16.7. The van der Waals surface area contributed by atoms with Gasteiger partial charge in [-0.05, 0) is 31.2 Å². The van der Waals surface area contributed by atoms with Crippen LogP contribution >= 0.6 is 15.9 Å². The molecule has 0 radical (unpaired) electrons. The highest BCUT2D eigenvalue weighted by atomic mass is 79.9. The summed E-state index contributed by atoms with van der Waals surface area (Å²) < 4.78 is 2.64. The Morgan fingerprint density at radius 3 is 2.62 bits per heavy atom. The van der Waals surface area contributed by atoms with Crippen LogP contribution in [0, 0.1) is 6.92 Å². The summed E-state index contributed by atoms with van der Waals surface area (Å²) in [6.07, 6.45) is 0. The molecule has 1 N–H and O–H groups in total. The van der Waals surface area contributed by atoms with Crippen LogP contribution in [-0.2, 0) is 0 Å². The molecule has 4 aromatic rings. The van der Waals surface area contributed by atoms with Crippen LogP contribution in [0.15, 0.2) is 63.9 Å². The van der Waals surface area contributed by atoms with Crippen LogP contribution in [0.25, 0.3) is 28.1 Å². The van der Waals surface area contributed by atoms with Crippen molar-refractivity contribution in [3.8, 4) is 17.1 Å². The number of nitrogens with one attached hydrogen (secondary N) is 1. The number of aryl methyl sites for hydroxylation is 1. The van der Waals surface area contributed by atoms with Crippen LogP contribution < -0.4 is 5.56 Å². The van der Waals surface area contributed by atoms with E-state index in [0.717, 1.165) is 15.7 Å². The second kappa shape index (κ2) is 5.72. The maximum Gasteiger partial charge on any atom is 0.262 e. The Balaban J connectivity index is 2.02. The molecule has 0 spiro atoms. The fraction of sp³-hybridized carbons (Fsp3) is 0.0556. The summed E-state index contributed by atoms with van der Waals surface area (Å²) in [5.41, 5.74) is 2.73. The van der Waals surface area contributed by atoms with Crippen molar-refractivity contribution >= 4 is 27.0 Å². The van der Waals surface area contributed by atoms with E-state index in [-0.39, 0.29) is 5.56 Å². The van der Waals surface area contributed by atoms with Gasteiger partial charge in [0.15, 0.2) is 5.65 Å². The SMILES string of the molecule is Cc1nn(-c2ccccc2)c2nc(-c3cccc(Br)c3)[nH]c(=O)c12. The molecule has 2 aromatic heterocycles. The number of aromatic nitrogens is 4. The molecule has 0 amide bonds. The van der Waals surface area contributed by atoms with E-state index in [4.69, 9.17) is 0 Å². The molecule has 4 rings (SSSR count). The molecule has 2 aromatic carbocycles. The number of hydrogen-bond acceptors (Lipinski definition) is 3. The van der Waals surface area contributed by atoms with Gasteiger partial charge in [0.1, 0.15) is 11.2 Å². The molecule has 0 unspecified atom stereocenters. The third-order valence-electron chi connectivity index (χ3n) is 3.81. The molecular weight excluding hydrogens is 368 g/mol. The van der Waals surface area contributed by atoms with E-state index in [1.165, 1.54) is 0 Å². The molecule has 6 heteroatoms. The first kappa shape index (κ1) is 14.8. The first-order valence-corrected chi connectivity index (χ1v) is 8.24. The van der Waals surface area contributed by atoms with Crippen LogP contribution in [0.5, 0.6) is 0 Å². The van der Waals surface area contributed by atoms with Crippen LogP contribution in [-0.4, -0.2) is 19.7 Å². The lowest BCUT2D eigenvalue weighted by Gasteiger charge is -2.05. The minimum atomic E-state index is -0.186. The maximum atomic E-state index is 12.6. The summed E-state index contributed by atoms with van der Waals surface area (Å²) in [6.45, 7) is 1.82. The van der Waals surface area contributed by atoms with E-state index in [1.54, 1.807) is 4.68 Å². The topological polar surface area (TPSA) is 63.6 Å². The van der Waals surface area contributed by atoms with Gasteiger partial charge in [-0.25, -0.2) is 9.67 Å². The van der Waals surface area contributed by atoms with Crippen molar-refractivity contribution in [2.45, 2.75) is 6.92 Å². The van der Waals surface area contributed by atoms with E-state index in [2.05, 4.69) is 31.0 Å². The summed E-state index contributed by atoms with van der Waals surface area (Å²) in [5, 5.41) is 5.01. The molecular formula is C18H13BrN4O. The largest absolute Gasteiger partial charge is 0.306 e. The Hall–Kier alpha value is -2.73. The molecule has 0 saturated carbocycles. The van der Waals surface area contributed by atoms with Gasteiger partial charge in [-0.2, -0.15) is 5.10 Å². The lowest BCUT2D eigenvalue weighted by atomic mass is 10.2. The fourth-order valence-electron chi connectivity index (χ4n) is 2.71. The molecule has 118 valence electrons. The smallest absolute Gasteiger partial charge is 0.262 e. The average Bonchev–Trinajstić information content (AvgIpc) is 2.93. The van der Waals surface area contributed by atoms with Crippen molar-refractivity contribution in [1.82, 2.24) is 19.7 Å². The van der Waals surface area contributed by atoms with Crippen molar-refractivity contribution < 1.29 is 0 Å².